The van der Waals surface area contributed by atoms with E-state index in [1.165, 1.54) is 19.2 Å². The molecule has 0 atom stereocenters. The molecule has 0 radical (unpaired) electrons. The number of aromatic nitrogens is 1. The van der Waals surface area contributed by atoms with Gasteiger partial charge >= 0.3 is 5.97 Å². The molecule has 1 heterocycles. The van der Waals surface area contributed by atoms with E-state index in [1.807, 2.05) is 0 Å². The van der Waals surface area contributed by atoms with Crippen LogP contribution >= 0.6 is 0 Å². The number of rotatable bonds is 2. The van der Waals surface area contributed by atoms with Crippen molar-refractivity contribution in [1.29, 1.82) is 0 Å². The molecule has 0 aliphatic carbocycles. The van der Waals surface area contributed by atoms with Crippen LogP contribution in [0, 0.1) is 6.92 Å². The summed E-state index contributed by atoms with van der Waals surface area (Å²) in [4.78, 5) is 25.8. The molecule has 1 amide bonds. The molecule has 0 saturated heterocycles. The first-order valence-corrected chi connectivity index (χ1v) is 3.92. The van der Waals surface area contributed by atoms with Crippen molar-refractivity contribution in [3.8, 4) is 0 Å². The van der Waals surface area contributed by atoms with Crippen LogP contribution in [0.25, 0.3) is 0 Å². The van der Waals surface area contributed by atoms with E-state index in [0.717, 1.165) is 0 Å². The molecule has 0 aromatic carbocycles. The second-order valence-electron chi connectivity index (χ2n) is 2.69. The lowest BCUT2D eigenvalue weighted by Crippen LogP contribution is -2.15. The Bertz CT molecular complexity index is 388. The summed E-state index contributed by atoms with van der Waals surface area (Å²) in [5.74, 6) is -1.10. The largest absolute Gasteiger partial charge is 0.465 e. The number of ether oxygens (including phenoxy) is 1. The fourth-order valence-corrected chi connectivity index (χ4v) is 1.02. The first-order chi connectivity index (χ1) is 6.56. The highest BCUT2D eigenvalue weighted by Gasteiger charge is 2.12. The number of pyridine rings is 1. The lowest BCUT2D eigenvalue weighted by molar-refractivity contribution is 0.0599. The Labute approximate surface area is 80.9 Å². The quantitative estimate of drug-likeness (QED) is 0.685. The van der Waals surface area contributed by atoms with E-state index in [2.05, 4.69) is 9.72 Å². The second-order valence-corrected chi connectivity index (χ2v) is 2.69. The third-order valence-electron chi connectivity index (χ3n) is 1.74. The molecule has 1 aromatic heterocycles. The Morgan fingerprint density at radius 1 is 1.43 bits per heavy atom. The normalized spacial score (nSPS) is 9.57. The first kappa shape index (κ1) is 10.2. The van der Waals surface area contributed by atoms with Crippen molar-refractivity contribution in [3.63, 3.8) is 0 Å². The van der Waals surface area contributed by atoms with Crippen LogP contribution in [0.1, 0.15) is 26.5 Å². The summed E-state index contributed by atoms with van der Waals surface area (Å²) < 4.78 is 4.52. The molecule has 1 aromatic rings. The van der Waals surface area contributed by atoms with Crippen molar-refractivity contribution < 1.29 is 14.3 Å². The molecule has 0 bridgehead atoms. The molecule has 2 N–H and O–H groups in total. The molecule has 5 nitrogen and oxygen atoms in total. The SMILES string of the molecule is COC(=O)c1ccc(C(N)=O)nc1C. The predicted molar refractivity (Wildman–Crippen MR) is 48.8 cm³/mol. The van der Waals surface area contributed by atoms with Gasteiger partial charge in [0.25, 0.3) is 5.91 Å². The van der Waals surface area contributed by atoms with Crippen LogP contribution in [0.3, 0.4) is 0 Å². The number of nitrogens with zero attached hydrogens (tertiary/aromatic N) is 1. The van der Waals surface area contributed by atoms with Crippen LogP contribution in [0.4, 0.5) is 0 Å². The zero-order chi connectivity index (χ0) is 10.7. The maximum absolute atomic E-state index is 11.1. The topological polar surface area (TPSA) is 82.3 Å². The number of amides is 1. The molecule has 0 saturated carbocycles. The van der Waals surface area contributed by atoms with Crippen molar-refractivity contribution in [1.82, 2.24) is 4.98 Å². The molecule has 1 rings (SSSR count). The van der Waals surface area contributed by atoms with E-state index < -0.39 is 11.9 Å². The number of carbonyl (C=O) groups excluding carboxylic acids is 2. The number of hydrogen-bond donors (Lipinski definition) is 1. The summed E-state index contributed by atoms with van der Waals surface area (Å²) in [7, 11) is 1.28. The molecule has 0 aliphatic heterocycles. The highest BCUT2D eigenvalue weighted by molar-refractivity contribution is 5.94. The second kappa shape index (κ2) is 3.87. The molecule has 0 spiro atoms. The molecular weight excluding hydrogens is 184 g/mol. The van der Waals surface area contributed by atoms with E-state index in [1.54, 1.807) is 6.92 Å². The van der Waals surface area contributed by atoms with E-state index >= 15 is 0 Å². The average molecular weight is 194 g/mol. The summed E-state index contributed by atoms with van der Waals surface area (Å²) in [5.41, 5.74) is 5.91. The van der Waals surface area contributed by atoms with Gasteiger partial charge in [0, 0.05) is 0 Å². The van der Waals surface area contributed by atoms with Gasteiger partial charge in [-0.25, -0.2) is 9.78 Å². The fraction of sp³-hybridized carbons (Fsp3) is 0.222. The molecule has 5 heteroatoms. The smallest absolute Gasteiger partial charge is 0.339 e. The lowest BCUT2D eigenvalue weighted by atomic mass is 10.2. The number of nitrogens with two attached hydrogens (primary N) is 1. The van der Waals surface area contributed by atoms with Crippen LogP contribution in [-0.4, -0.2) is 24.0 Å². The van der Waals surface area contributed by atoms with Gasteiger partial charge in [-0.3, -0.25) is 4.79 Å². The van der Waals surface area contributed by atoms with Crippen LogP contribution in [0.2, 0.25) is 0 Å². The van der Waals surface area contributed by atoms with Crippen molar-refractivity contribution >= 4 is 11.9 Å². The number of primary amides is 1. The summed E-state index contributed by atoms with van der Waals surface area (Å²) >= 11 is 0. The molecular formula is C9H10N2O3. The van der Waals surface area contributed by atoms with Gasteiger partial charge in [-0.15, -0.1) is 0 Å². The highest BCUT2D eigenvalue weighted by Crippen LogP contribution is 2.07. The van der Waals surface area contributed by atoms with Crippen molar-refractivity contribution in [3.05, 3.63) is 29.1 Å². The standard InChI is InChI=1S/C9H10N2O3/c1-5-6(9(13)14-2)3-4-7(11-5)8(10)12/h3-4H,1-2H3,(H2,10,12). The molecule has 74 valence electrons. The third kappa shape index (κ3) is 1.87. The van der Waals surface area contributed by atoms with Crippen molar-refractivity contribution in [2.75, 3.05) is 7.11 Å². The van der Waals surface area contributed by atoms with E-state index in [0.29, 0.717) is 11.3 Å². The predicted octanol–water partition coefficient (Wildman–Crippen LogP) is 0.276. The fourth-order valence-electron chi connectivity index (χ4n) is 1.02. The van der Waals surface area contributed by atoms with Gasteiger partial charge in [0.1, 0.15) is 5.69 Å². The highest BCUT2D eigenvalue weighted by atomic mass is 16.5. The Kier molecular flexibility index (Phi) is 2.81. The van der Waals surface area contributed by atoms with Gasteiger partial charge in [-0.05, 0) is 19.1 Å². The maximum Gasteiger partial charge on any atom is 0.339 e. The molecule has 0 aliphatic rings. The monoisotopic (exact) mass is 194 g/mol. The zero-order valence-electron chi connectivity index (χ0n) is 7.90. The number of carbonyl (C=O) groups is 2. The molecule has 0 unspecified atom stereocenters. The third-order valence-corrected chi connectivity index (χ3v) is 1.74. The summed E-state index contributed by atoms with van der Waals surface area (Å²) in [6, 6.07) is 2.86. The first-order valence-electron chi connectivity index (χ1n) is 3.92. The summed E-state index contributed by atoms with van der Waals surface area (Å²) in [6.07, 6.45) is 0. The minimum absolute atomic E-state index is 0.134. The molecule has 0 fully saturated rings. The number of methoxy groups -OCH3 is 1. The summed E-state index contributed by atoms with van der Waals surface area (Å²) in [6.45, 7) is 1.61. The average Bonchev–Trinajstić information content (AvgIpc) is 2.16. The van der Waals surface area contributed by atoms with Crippen molar-refractivity contribution in [2.45, 2.75) is 6.92 Å². The zero-order valence-corrected chi connectivity index (χ0v) is 7.90. The number of hydrogen-bond acceptors (Lipinski definition) is 4. The van der Waals surface area contributed by atoms with E-state index in [9.17, 15) is 9.59 Å². The van der Waals surface area contributed by atoms with Crippen LogP contribution in [-0.2, 0) is 4.74 Å². The van der Waals surface area contributed by atoms with Crippen LogP contribution < -0.4 is 5.73 Å². The Morgan fingerprint density at radius 2 is 2.07 bits per heavy atom. The van der Waals surface area contributed by atoms with Gasteiger partial charge in [0.05, 0.1) is 18.4 Å². The van der Waals surface area contributed by atoms with Gasteiger partial charge in [0.2, 0.25) is 0 Å². The summed E-state index contributed by atoms with van der Waals surface area (Å²) in [5, 5.41) is 0. The maximum atomic E-state index is 11.1. The van der Waals surface area contributed by atoms with Gasteiger partial charge < -0.3 is 10.5 Å². The number of aryl methyl sites for hydroxylation is 1. The van der Waals surface area contributed by atoms with E-state index in [4.69, 9.17) is 5.73 Å². The van der Waals surface area contributed by atoms with Gasteiger partial charge in [0.15, 0.2) is 0 Å². The Morgan fingerprint density at radius 3 is 2.50 bits per heavy atom. The minimum atomic E-state index is -0.621. The van der Waals surface area contributed by atoms with E-state index in [-0.39, 0.29) is 5.69 Å². The molecule has 14 heavy (non-hydrogen) atoms. The van der Waals surface area contributed by atoms with Crippen LogP contribution in [0.5, 0.6) is 0 Å². The van der Waals surface area contributed by atoms with Crippen molar-refractivity contribution in [2.24, 2.45) is 5.73 Å². The minimum Gasteiger partial charge on any atom is -0.465 e. The van der Waals surface area contributed by atoms with Crippen LogP contribution in [0.15, 0.2) is 12.1 Å². The Balaban J connectivity index is 3.14. The Hall–Kier alpha value is -1.91. The lowest BCUT2D eigenvalue weighted by Gasteiger charge is -2.03. The number of esters is 1. The van der Waals surface area contributed by atoms with Gasteiger partial charge in [-0.1, -0.05) is 0 Å². The van der Waals surface area contributed by atoms with Gasteiger partial charge in [-0.2, -0.15) is 0 Å².